The van der Waals surface area contributed by atoms with E-state index < -0.39 is 15.6 Å². The molecule has 114 valence electrons. The van der Waals surface area contributed by atoms with Gasteiger partial charge in [-0.15, -0.1) is 0 Å². The van der Waals surface area contributed by atoms with Gasteiger partial charge in [-0.2, -0.15) is 0 Å². The first-order valence-corrected chi connectivity index (χ1v) is 7.88. The second-order valence-electron chi connectivity index (χ2n) is 5.39. The number of nitrogens with two attached hydrogens (primary N) is 1. The number of nitrogen functional groups attached to an aromatic ring is 1. The molecule has 0 heterocycles. The van der Waals surface area contributed by atoms with Crippen molar-refractivity contribution in [3.8, 4) is 0 Å². The fourth-order valence-corrected chi connectivity index (χ4v) is 3.02. The lowest BCUT2D eigenvalue weighted by Crippen LogP contribution is -2.36. The monoisotopic (exact) mass is 301 g/mol. The van der Waals surface area contributed by atoms with Crippen molar-refractivity contribution >= 4 is 21.4 Å². The van der Waals surface area contributed by atoms with Crippen LogP contribution in [0.1, 0.15) is 20.8 Å². The number of likely N-dealkylation sites (N-methyl/N-ethyl adjacent to an activating group) is 1. The highest BCUT2D eigenvalue weighted by molar-refractivity contribution is 7.89. The highest BCUT2D eigenvalue weighted by atomic mass is 32.2. The standard InChI is InChI=1S/C13H23N3O3S/c1-5-15-20(18,19)10-6-7-11(14)12(8-10)16(4)9-13(2,3)17/h6-8,15,17H,5,9,14H2,1-4H3. The zero-order valence-corrected chi connectivity index (χ0v) is 13.2. The van der Waals surface area contributed by atoms with Gasteiger partial charge in [0.2, 0.25) is 10.0 Å². The third-order valence-electron chi connectivity index (χ3n) is 2.68. The van der Waals surface area contributed by atoms with Crippen molar-refractivity contribution in [1.29, 1.82) is 0 Å². The smallest absolute Gasteiger partial charge is 0.240 e. The first-order chi connectivity index (χ1) is 9.07. The molecule has 0 aliphatic carbocycles. The van der Waals surface area contributed by atoms with Crippen molar-refractivity contribution in [3.05, 3.63) is 18.2 Å². The van der Waals surface area contributed by atoms with Gasteiger partial charge in [0.1, 0.15) is 0 Å². The van der Waals surface area contributed by atoms with Crippen LogP contribution in [0.4, 0.5) is 11.4 Å². The molecule has 0 bridgehead atoms. The van der Waals surface area contributed by atoms with Crippen LogP contribution < -0.4 is 15.4 Å². The number of sulfonamides is 1. The van der Waals surface area contributed by atoms with Crippen LogP contribution in [0.3, 0.4) is 0 Å². The van der Waals surface area contributed by atoms with Gasteiger partial charge in [0.05, 0.1) is 21.9 Å². The van der Waals surface area contributed by atoms with Crippen LogP contribution >= 0.6 is 0 Å². The quantitative estimate of drug-likeness (QED) is 0.675. The van der Waals surface area contributed by atoms with E-state index in [4.69, 9.17) is 5.73 Å². The molecule has 4 N–H and O–H groups in total. The van der Waals surface area contributed by atoms with E-state index in [1.807, 2.05) is 0 Å². The lowest BCUT2D eigenvalue weighted by Gasteiger charge is -2.28. The minimum absolute atomic E-state index is 0.158. The van der Waals surface area contributed by atoms with Gasteiger partial charge in [-0.1, -0.05) is 6.92 Å². The molecule has 20 heavy (non-hydrogen) atoms. The maximum atomic E-state index is 12.0. The second kappa shape index (κ2) is 5.99. The Labute approximate surface area is 120 Å². The van der Waals surface area contributed by atoms with Crippen LogP contribution in [-0.4, -0.2) is 39.3 Å². The lowest BCUT2D eigenvalue weighted by atomic mass is 10.1. The minimum Gasteiger partial charge on any atom is -0.397 e. The molecule has 7 heteroatoms. The first-order valence-electron chi connectivity index (χ1n) is 6.39. The molecule has 0 aromatic heterocycles. The Morgan fingerprint density at radius 1 is 1.40 bits per heavy atom. The maximum Gasteiger partial charge on any atom is 0.240 e. The van der Waals surface area contributed by atoms with E-state index in [-0.39, 0.29) is 4.90 Å². The summed E-state index contributed by atoms with van der Waals surface area (Å²) in [5.41, 5.74) is 6.02. The minimum atomic E-state index is -3.52. The van der Waals surface area contributed by atoms with Crippen LogP contribution in [0.5, 0.6) is 0 Å². The molecule has 0 saturated heterocycles. The van der Waals surface area contributed by atoms with Gasteiger partial charge in [0, 0.05) is 20.1 Å². The molecule has 0 amide bonds. The molecule has 6 nitrogen and oxygen atoms in total. The number of nitrogens with zero attached hydrogens (tertiary/aromatic N) is 1. The Bertz CT molecular complexity index is 565. The van der Waals surface area contributed by atoms with Gasteiger partial charge in [-0.05, 0) is 32.0 Å². The number of benzene rings is 1. The Morgan fingerprint density at radius 3 is 2.50 bits per heavy atom. The van der Waals surface area contributed by atoms with Crippen LogP contribution in [0, 0.1) is 0 Å². The number of nitrogens with one attached hydrogen (secondary N) is 1. The van der Waals surface area contributed by atoms with Gasteiger partial charge >= 0.3 is 0 Å². The molecule has 0 spiro atoms. The molecule has 0 unspecified atom stereocenters. The summed E-state index contributed by atoms with van der Waals surface area (Å²) in [5, 5.41) is 9.84. The molecule has 1 rings (SSSR count). The van der Waals surface area contributed by atoms with E-state index >= 15 is 0 Å². The molecule has 0 fully saturated rings. The summed E-state index contributed by atoms with van der Waals surface area (Å²) in [7, 11) is -1.76. The molecular formula is C13H23N3O3S. The molecule has 0 aliphatic rings. The Morgan fingerprint density at radius 2 is 2.00 bits per heavy atom. The third-order valence-corrected chi connectivity index (χ3v) is 4.23. The number of hydrogen-bond donors (Lipinski definition) is 3. The van der Waals surface area contributed by atoms with Crippen molar-refractivity contribution in [3.63, 3.8) is 0 Å². The van der Waals surface area contributed by atoms with Crippen molar-refractivity contribution < 1.29 is 13.5 Å². The summed E-state index contributed by atoms with van der Waals surface area (Å²) in [6, 6.07) is 4.54. The van der Waals surface area contributed by atoms with Crippen LogP contribution in [-0.2, 0) is 10.0 Å². The molecule has 0 atom stereocenters. The summed E-state index contributed by atoms with van der Waals surface area (Å²) in [6.07, 6.45) is 0. The molecule has 1 aromatic carbocycles. The SMILES string of the molecule is CCNS(=O)(=O)c1ccc(N)c(N(C)CC(C)(C)O)c1. The molecular weight excluding hydrogens is 278 g/mol. The highest BCUT2D eigenvalue weighted by Crippen LogP contribution is 2.26. The fraction of sp³-hybridized carbons (Fsp3) is 0.538. The maximum absolute atomic E-state index is 12.0. The Hall–Kier alpha value is -1.31. The normalized spacial score (nSPS) is 12.4. The third kappa shape index (κ3) is 4.36. The van der Waals surface area contributed by atoms with Gasteiger partial charge in [0.25, 0.3) is 0 Å². The van der Waals surface area contributed by atoms with E-state index in [2.05, 4.69) is 4.72 Å². The Balaban J connectivity index is 3.16. The van der Waals surface area contributed by atoms with Gasteiger partial charge in [0.15, 0.2) is 0 Å². The van der Waals surface area contributed by atoms with E-state index in [1.165, 1.54) is 12.1 Å². The zero-order chi connectivity index (χ0) is 15.6. The highest BCUT2D eigenvalue weighted by Gasteiger charge is 2.20. The fourth-order valence-electron chi connectivity index (χ4n) is 1.96. The predicted molar refractivity (Wildman–Crippen MR) is 81.3 cm³/mol. The number of hydrogen-bond acceptors (Lipinski definition) is 5. The molecule has 1 aromatic rings. The average molecular weight is 301 g/mol. The van der Waals surface area contributed by atoms with Gasteiger partial charge in [-0.3, -0.25) is 0 Å². The summed E-state index contributed by atoms with van der Waals surface area (Å²) in [6.45, 7) is 5.73. The van der Waals surface area contributed by atoms with Gasteiger partial charge < -0.3 is 15.7 Å². The largest absolute Gasteiger partial charge is 0.397 e. The number of aliphatic hydroxyl groups is 1. The topological polar surface area (TPSA) is 95.7 Å². The van der Waals surface area contributed by atoms with E-state index in [1.54, 1.807) is 38.8 Å². The number of anilines is 2. The van der Waals surface area contributed by atoms with Crippen molar-refractivity contribution in [2.75, 3.05) is 30.8 Å². The first kappa shape index (κ1) is 16.7. The molecule has 0 radical (unpaired) electrons. The van der Waals surface area contributed by atoms with E-state index in [0.29, 0.717) is 24.5 Å². The van der Waals surface area contributed by atoms with Crippen molar-refractivity contribution in [2.45, 2.75) is 31.3 Å². The van der Waals surface area contributed by atoms with E-state index in [9.17, 15) is 13.5 Å². The summed E-state index contributed by atoms with van der Waals surface area (Å²) >= 11 is 0. The zero-order valence-electron chi connectivity index (χ0n) is 12.3. The Kier molecular flexibility index (Phi) is 5.01. The number of rotatable bonds is 6. The van der Waals surface area contributed by atoms with Crippen LogP contribution in [0.15, 0.2) is 23.1 Å². The van der Waals surface area contributed by atoms with Crippen molar-refractivity contribution in [2.24, 2.45) is 0 Å². The van der Waals surface area contributed by atoms with Gasteiger partial charge in [-0.25, -0.2) is 13.1 Å². The van der Waals surface area contributed by atoms with Crippen LogP contribution in [0.2, 0.25) is 0 Å². The summed E-state index contributed by atoms with van der Waals surface area (Å²) in [4.78, 5) is 1.89. The molecule has 0 aliphatic heterocycles. The molecule has 0 saturated carbocycles. The summed E-state index contributed by atoms with van der Waals surface area (Å²) < 4.78 is 26.4. The second-order valence-corrected chi connectivity index (χ2v) is 7.16. The van der Waals surface area contributed by atoms with E-state index in [0.717, 1.165) is 0 Å². The van der Waals surface area contributed by atoms with Crippen molar-refractivity contribution in [1.82, 2.24) is 4.72 Å². The average Bonchev–Trinajstić information content (AvgIpc) is 2.26. The van der Waals surface area contributed by atoms with Crippen LogP contribution in [0.25, 0.3) is 0 Å². The predicted octanol–water partition coefficient (Wildman–Crippen LogP) is 0.774. The lowest BCUT2D eigenvalue weighted by molar-refractivity contribution is 0.0886. The summed E-state index contributed by atoms with van der Waals surface area (Å²) in [5.74, 6) is 0.